The van der Waals surface area contributed by atoms with E-state index in [9.17, 15) is 13.5 Å². The van der Waals surface area contributed by atoms with Crippen LogP contribution in [0.5, 0.6) is 0 Å². The summed E-state index contributed by atoms with van der Waals surface area (Å²) in [5, 5.41) is 12.7. The number of alkyl halides is 1. The lowest BCUT2D eigenvalue weighted by Gasteiger charge is -2.17. The van der Waals surface area contributed by atoms with Crippen LogP contribution in [-0.2, 0) is 20.1 Å². The molecule has 1 aromatic heterocycles. The van der Waals surface area contributed by atoms with E-state index >= 15 is 0 Å². The topological polar surface area (TPSA) is 68.5 Å². The monoisotopic (exact) mass is 495 g/mol. The largest absolute Gasteiger partial charge is 0.388 e. The molecule has 4 rings (SSSR count). The summed E-state index contributed by atoms with van der Waals surface area (Å²) in [4.78, 5) is 0.170. The molecule has 0 bridgehead atoms. The van der Waals surface area contributed by atoms with Gasteiger partial charge in [-0.1, -0.05) is 46.2 Å². The summed E-state index contributed by atoms with van der Waals surface area (Å²) in [5.41, 5.74) is 2.70. The van der Waals surface area contributed by atoms with E-state index in [-0.39, 0.29) is 10.8 Å². The fourth-order valence-electron chi connectivity index (χ4n) is 3.57. The molecule has 1 N–H and O–H groups in total. The number of rotatable bonds is 5. The van der Waals surface area contributed by atoms with Crippen LogP contribution in [0.3, 0.4) is 0 Å². The number of aliphatic hydroxyl groups excluding tert-OH is 1. The Bertz CT molecular complexity index is 1190. The minimum Gasteiger partial charge on any atom is -0.388 e. The highest BCUT2D eigenvalue weighted by atomic mass is 79.9. The SMILES string of the molecule is C=C1COCC1C(O)c1cn(S(=O)(=O)c2ccc(CBr)cc2)c2ccc(Cl)cc12. The van der Waals surface area contributed by atoms with Gasteiger partial charge in [-0.3, -0.25) is 0 Å². The molecule has 29 heavy (non-hydrogen) atoms. The van der Waals surface area contributed by atoms with Crippen molar-refractivity contribution in [3.05, 3.63) is 77.0 Å². The number of aliphatic hydroxyl groups is 1. The lowest BCUT2D eigenvalue weighted by molar-refractivity contribution is 0.0981. The van der Waals surface area contributed by atoms with Crippen LogP contribution in [0, 0.1) is 5.92 Å². The Hall–Kier alpha value is -1.64. The van der Waals surface area contributed by atoms with E-state index in [2.05, 4.69) is 22.5 Å². The number of fused-ring (bicyclic) bond motifs is 1. The fourth-order valence-corrected chi connectivity index (χ4v) is 5.49. The Kier molecular flexibility index (Phi) is 5.61. The third-order valence-corrected chi connectivity index (χ3v) is 7.78. The summed E-state index contributed by atoms with van der Waals surface area (Å²) in [6.45, 7) is 4.69. The smallest absolute Gasteiger partial charge is 0.268 e. The van der Waals surface area contributed by atoms with Crippen molar-refractivity contribution >= 4 is 48.5 Å². The van der Waals surface area contributed by atoms with Crippen LogP contribution in [0.15, 0.2) is 65.7 Å². The van der Waals surface area contributed by atoms with E-state index in [1.54, 1.807) is 42.5 Å². The van der Waals surface area contributed by atoms with Crippen LogP contribution in [0.25, 0.3) is 10.9 Å². The van der Waals surface area contributed by atoms with Gasteiger partial charge in [0.25, 0.3) is 10.0 Å². The Morgan fingerprint density at radius 3 is 2.62 bits per heavy atom. The van der Waals surface area contributed by atoms with Gasteiger partial charge >= 0.3 is 0 Å². The van der Waals surface area contributed by atoms with Gasteiger partial charge in [0.15, 0.2) is 0 Å². The number of nitrogens with zero attached hydrogens (tertiary/aromatic N) is 1. The molecule has 0 amide bonds. The van der Waals surface area contributed by atoms with Crippen molar-refractivity contribution in [2.24, 2.45) is 5.92 Å². The Morgan fingerprint density at radius 2 is 2.00 bits per heavy atom. The van der Waals surface area contributed by atoms with Gasteiger partial charge in [0.2, 0.25) is 0 Å². The molecule has 0 radical (unpaired) electrons. The molecule has 2 heterocycles. The highest BCUT2D eigenvalue weighted by molar-refractivity contribution is 9.08. The molecule has 5 nitrogen and oxygen atoms in total. The molecule has 2 atom stereocenters. The van der Waals surface area contributed by atoms with Crippen LogP contribution in [0.4, 0.5) is 0 Å². The summed E-state index contributed by atoms with van der Waals surface area (Å²) in [5.74, 6) is -0.297. The second kappa shape index (κ2) is 7.89. The first kappa shape index (κ1) is 20.6. The van der Waals surface area contributed by atoms with Crippen LogP contribution < -0.4 is 0 Å². The van der Waals surface area contributed by atoms with Crippen molar-refractivity contribution in [2.45, 2.75) is 16.3 Å². The van der Waals surface area contributed by atoms with Gasteiger partial charge < -0.3 is 9.84 Å². The van der Waals surface area contributed by atoms with Gasteiger partial charge in [-0.05, 0) is 41.5 Å². The van der Waals surface area contributed by atoms with Crippen molar-refractivity contribution in [1.29, 1.82) is 0 Å². The standard InChI is InChI=1S/C21H19BrClNO4S/c1-13-11-28-12-19(13)21(25)18-10-24(20-7-4-15(23)8-17(18)20)29(26,27)16-5-2-14(9-22)3-6-16/h2-8,10,19,21,25H,1,9,11-12H2. The number of halogens is 2. The molecule has 0 spiro atoms. The Morgan fingerprint density at radius 1 is 1.28 bits per heavy atom. The summed E-state index contributed by atoms with van der Waals surface area (Å²) in [6.07, 6.45) is 0.531. The zero-order valence-corrected chi connectivity index (χ0v) is 18.5. The molecule has 2 unspecified atom stereocenters. The molecule has 1 fully saturated rings. The van der Waals surface area contributed by atoms with E-state index < -0.39 is 16.1 Å². The van der Waals surface area contributed by atoms with Gasteiger partial charge in [0, 0.05) is 33.4 Å². The summed E-state index contributed by atoms with van der Waals surface area (Å²) in [6, 6.07) is 11.6. The summed E-state index contributed by atoms with van der Waals surface area (Å²) in [7, 11) is -3.86. The first-order valence-electron chi connectivity index (χ1n) is 8.97. The van der Waals surface area contributed by atoms with E-state index in [0.29, 0.717) is 40.0 Å². The minimum atomic E-state index is -3.86. The van der Waals surface area contributed by atoms with Crippen LogP contribution in [0.2, 0.25) is 5.02 Å². The van der Waals surface area contributed by atoms with Gasteiger partial charge in [0.1, 0.15) is 0 Å². The van der Waals surface area contributed by atoms with Gasteiger partial charge in [-0.2, -0.15) is 0 Å². The molecule has 0 aliphatic carbocycles. The van der Waals surface area contributed by atoms with Crippen LogP contribution >= 0.6 is 27.5 Å². The lowest BCUT2D eigenvalue weighted by Crippen LogP contribution is -2.15. The molecular weight excluding hydrogens is 478 g/mol. The van der Waals surface area contributed by atoms with Crippen molar-refractivity contribution in [2.75, 3.05) is 13.2 Å². The van der Waals surface area contributed by atoms with Crippen molar-refractivity contribution in [3.8, 4) is 0 Å². The molecule has 1 aliphatic rings. The molecule has 8 heteroatoms. The Labute approximate surface area is 182 Å². The van der Waals surface area contributed by atoms with Crippen molar-refractivity contribution in [1.82, 2.24) is 3.97 Å². The van der Waals surface area contributed by atoms with Gasteiger partial charge in [0.05, 0.1) is 29.7 Å². The van der Waals surface area contributed by atoms with Crippen LogP contribution in [0.1, 0.15) is 17.2 Å². The molecule has 0 saturated carbocycles. The molecular formula is C21H19BrClNO4S. The van der Waals surface area contributed by atoms with Crippen LogP contribution in [-0.4, -0.2) is 30.7 Å². The molecule has 1 aliphatic heterocycles. The highest BCUT2D eigenvalue weighted by Crippen LogP contribution is 2.38. The van der Waals surface area contributed by atoms with E-state index in [4.69, 9.17) is 16.3 Å². The quantitative estimate of drug-likeness (QED) is 0.412. The Balaban J connectivity index is 1.87. The predicted octanol–water partition coefficient (Wildman–Crippen LogP) is 4.66. The number of aromatic nitrogens is 1. The molecule has 1 saturated heterocycles. The average Bonchev–Trinajstić information content (AvgIpc) is 3.31. The number of hydrogen-bond acceptors (Lipinski definition) is 4. The first-order chi connectivity index (χ1) is 13.8. The predicted molar refractivity (Wildman–Crippen MR) is 117 cm³/mol. The highest BCUT2D eigenvalue weighted by Gasteiger charge is 2.32. The summed E-state index contributed by atoms with van der Waals surface area (Å²) >= 11 is 9.53. The second-order valence-corrected chi connectivity index (χ2v) is 9.86. The van der Waals surface area contributed by atoms with E-state index in [1.807, 2.05) is 0 Å². The zero-order chi connectivity index (χ0) is 20.8. The van der Waals surface area contributed by atoms with Crippen molar-refractivity contribution < 1.29 is 18.3 Å². The van der Waals surface area contributed by atoms with Crippen molar-refractivity contribution in [3.63, 3.8) is 0 Å². The lowest BCUT2D eigenvalue weighted by atomic mass is 9.92. The minimum absolute atomic E-state index is 0.170. The third-order valence-electron chi connectivity index (χ3n) is 5.21. The van der Waals surface area contributed by atoms with Gasteiger partial charge in [-0.25, -0.2) is 12.4 Å². The third kappa shape index (κ3) is 3.66. The maximum atomic E-state index is 13.3. The summed E-state index contributed by atoms with van der Waals surface area (Å²) < 4.78 is 33.3. The number of benzene rings is 2. The zero-order valence-electron chi connectivity index (χ0n) is 15.4. The number of hydrogen-bond donors (Lipinski definition) is 1. The fraction of sp³-hybridized carbons (Fsp3) is 0.238. The van der Waals surface area contributed by atoms with E-state index in [0.717, 1.165) is 11.1 Å². The van der Waals surface area contributed by atoms with Gasteiger partial charge in [-0.15, -0.1) is 0 Å². The molecule has 152 valence electrons. The maximum absolute atomic E-state index is 13.3. The molecule has 3 aromatic rings. The average molecular weight is 497 g/mol. The van der Waals surface area contributed by atoms with E-state index in [1.165, 1.54) is 10.2 Å². The second-order valence-electron chi connectivity index (χ2n) is 7.05. The normalized spacial score (nSPS) is 18.4. The first-order valence-corrected chi connectivity index (χ1v) is 11.9. The number of ether oxygens (including phenoxy) is 1. The molecule has 2 aromatic carbocycles. The maximum Gasteiger partial charge on any atom is 0.268 e.